The van der Waals surface area contributed by atoms with Crippen LogP contribution in [0.2, 0.25) is 0 Å². The van der Waals surface area contributed by atoms with Gasteiger partial charge < -0.3 is 0 Å². The van der Waals surface area contributed by atoms with Gasteiger partial charge in [-0.25, -0.2) is 4.39 Å². The number of hydrogen-bond donors (Lipinski definition) is 0. The van der Waals surface area contributed by atoms with Crippen molar-refractivity contribution in [3.63, 3.8) is 0 Å². The number of hydrogen-bond acceptors (Lipinski definition) is 2. The molecular formula is C29H23FO2. The number of halogens is 1. The molecule has 0 aliphatic carbocycles. The Balaban J connectivity index is 1.88. The number of ketones is 2. The van der Waals surface area contributed by atoms with Crippen molar-refractivity contribution >= 4 is 11.6 Å². The quantitative estimate of drug-likeness (QED) is 0.308. The van der Waals surface area contributed by atoms with Gasteiger partial charge in [0.15, 0.2) is 11.6 Å². The summed E-state index contributed by atoms with van der Waals surface area (Å²) in [4.78, 5) is 27.6. The van der Waals surface area contributed by atoms with E-state index in [1.165, 1.54) is 24.3 Å². The van der Waals surface area contributed by atoms with Crippen LogP contribution in [0.1, 0.15) is 49.2 Å². The molecule has 0 heterocycles. The minimum Gasteiger partial charge on any atom is -0.293 e. The third-order valence-corrected chi connectivity index (χ3v) is 5.68. The van der Waals surface area contributed by atoms with Crippen LogP contribution < -0.4 is 0 Å². The first-order valence-corrected chi connectivity index (χ1v) is 10.5. The van der Waals surface area contributed by atoms with Crippen molar-refractivity contribution in [2.24, 2.45) is 0 Å². The van der Waals surface area contributed by atoms with Gasteiger partial charge in [0.05, 0.1) is 11.8 Å². The standard InChI is InChI=1S/C29H23FO2/c1-20-12-14-23(15-13-20)28(31)26(21-8-4-2-5-9-21)27(22-10-6-3-7-11-22)29(32)24-16-18-25(30)19-17-24/h2-19,26-27H,1H3. The second-order valence-corrected chi connectivity index (χ2v) is 7.88. The van der Waals surface area contributed by atoms with Gasteiger partial charge in [-0.2, -0.15) is 0 Å². The summed E-state index contributed by atoms with van der Waals surface area (Å²) in [6, 6.07) is 31.6. The predicted octanol–water partition coefficient (Wildman–Crippen LogP) is 6.77. The molecule has 3 heteroatoms. The van der Waals surface area contributed by atoms with E-state index in [0.717, 1.165) is 16.7 Å². The summed E-state index contributed by atoms with van der Waals surface area (Å²) >= 11 is 0. The van der Waals surface area contributed by atoms with Crippen molar-refractivity contribution in [3.8, 4) is 0 Å². The van der Waals surface area contributed by atoms with E-state index in [9.17, 15) is 14.0 Å². The molecule has 0 aliphatic rings. The van der Waals surface area contributed by atoms with Crippen molar-refractivity contribution in [1.29, 1.82) is 0 Å². The summed E-state index contributed by atoms with van der Waals surface area (Å²) in [5.74, 6) is -2.23. The monoisotopic (exact) mass is 422 g/mol. The van der Waals surface area contributed by atoms with Crippen molar-refractivity contribution < 1.29 is 14.0 Å². The Bertz CT molecular complexity index is 1100. The van der Waals surface area contributed by atoms with Gasteiger partial charge in [0, 0.05) is 11.1 Å². The maximum absolute atomic E-state index is 13.8. The minimum absolute atomic E-state index is 0.125. The van der Waals surface area contributed by atoms with E-state index >= 15 is 0 Å². The van der Waals surface area contributed by atoms with Crippen molar-refractivity contribution in [2.45, 2.75) is 18.8 Å². The number of carbonyl (C=O) groups is 2. The van der Waals surface area contributed by atoms with Crippen LogP contribution in [-0.4, -0.2) is 11.6 Å². The summed E-state index contributed by atoms with van der Waals surface area (Å²) < 4.78 is 13.5. The first-order valence-electron chi connectivity index (χ1n) is 10.5. The lowest BCUT2D eigenvalue weighted by Crippen LogP contribution is -2.27. The second-order valence-electron chi connectivity index (χ2n) is 7.88. The van der Waals surface area contributed by atoms with E-state index in [1.54, 1.807) is 12.1 Å². The molecule has 158 valence electrons. The third-order valence-electron chi connectivity index (χ3n) is 5.68. The minimum atomic E-state index is -0.752. The Morgan fingerprint density at radius 3 is 1.34 bits per heavy atom. The van der Waals surface area contributed by atoms with Crippen LogP contribution in [0, 0.1) is 12.7 Å². The maximum atomic E-state index is 13.8. The summed E-state index contributed by atoms with van der Waals surface area (Å²) in [5, 5.41) is 0. The normalized spacial score (nSPS) is 12.7. The highest BCUT2D eigenvalue weighted by molar-refractivity contribution is 6.09. The predicted molar refractivity (Wildman–Crippen MR) is 125 cm³/mol. The SMILES string of the molecule is Cc1ccc(C(=O)C(c2ccccc2)C(C(=O)c2ccc(F)cc2)c2ccccc2)cc1. The Kier molecular flexibility index (Phi) is 6.37. The molecule has 0 aliphatic heterocycles. The van der Waals surface area contributed by atoms with Crippen LogP contribution in [0.4, 0.5) is 4.39 Å². The van der Waals surface area contributed by atoms with Gasteiger partial charge in [0.25, 0.3) is 0 Å². The molecule has 0 saturated heterocycles. The average Bonchev–Trinajstić information content (AvgIpc) is 2.84. The van der Waals surface area contributed by atoms with Crippen LogP contribution >= 0.6 is 0 Å². The van der Waals surface area contributed by atoms with E-state index in [1.807, 2.05) is 79.7 Å². The fraction of sp³-hybridized carbons (Fsp3) is 0.103. The van der Waals surface area contributed by atoms with Gasteiger partial charge in [-0.05, 0) is 42.3 Å². The summed E-state index contributed by atoms with van der Waals surface area (Å²) in [6.07, 6.45) is 0. The van der Waals surface area contributed by atoms with E-state index in [4.69, 9.17) is 0 Å². The lowest BCUT2D eigenvalue weighted by atomic mass is 9.73. The maximum Gasteiger partial charge on any atom is 0.171 e. The molecule has 4 aromatic carbocycles. The molecule has 0 N–H and O–H groups in total. The first-order chi connectivity index (χ1) is 15.5. The molecule has 0 saturated carbocycles. The van der Waals surface area contributed by atoms with Crippen LogP contribution in [0.3, 0.4) is 0 Å². The highest BCUT2D eigenvalue weighted by Gasteiger charge is 2.37. The van der Waals surface area contributed by atoms with E-state index in [0.29, 0.717) is 11.1 Å². The number of aryl methyl sites for hydroxylation is 1. The Hall–Kier alpha value is -3.85. The number of Topliss-reactive ketones (excluding diaryl/α,β-unsaturated/α-hetero) is 2. The van der Waals surface area contributed by atoms with Gasteiger partial charge in [-0.3, -0.25) is 9.59 Å². The lowest BCUT2D eigenvalue weighted by Gasteiger charge is -2.26. The fourth-order valence-corrected chi connectivity index (χ4v) is 4.00. The van der Waals surface area contributed by atoms with Crippen molar-refractivity contribution in [2.75, 3.05) is 0 Å². The zero-order valence-corrected chi connectivity index (χ0v) is 17.7. The van der Waals surface area contributed by atoms with Crippen LogP contribution in [0.15, 0.2) is 109 Å². The smallest absolute Gasteiger partial charge is 0.171 e. The highest BCUT2D eigenvalue weighted by Crippen LogP contribution is 2.38. The molecule has 0 fully saturated rings. The molecule has 0 spiro atoms. The summed E-state index contributed by atoms with van der Waals surface area (Å²) in [7, 11) is 0. The topological polar surface area (TPSA) is 34.1 Å². The van der Waals surface area contributed by atoms with Gasteiger partial charge in [0.1, 0.15) is 5.82 Å². The Morgan fingerprint density at radius 1 is 0.562 bits per heavy atom. The molecule has 2 nitrogen and oxygen atoms in total. The molecule has 32 heavy (non-hydrogen) atoms. The Morgan fingerprint density at radius 2 is 0.938 bits per heavy atom. The lowest BCUT2D eigenvalue weighted by molar-refractivity contribution is 0.0866. The third kappa shape index (κ3) is 4.57. The molecule has 4 rings (SSSR count). The molecule has 0 aromatic heterocycles. The van der Waals surface area contributed by atoms with E-state index < -0.39 is 17.7 Å². The highest BCUT2D eigenvalue weighted by atomic mass is 19.1. The molecule has 0 amide bonds. The molecular weight excluding hydrogens is 399 g/mol. The van der Waals surface area contributed by atoms with Gasteiger partial charge in [-0.1, -0.05) is 90.5 Å². The Labute approximate surface area is 187 Å². The first kappa shape index (κ1) is 21.4. The second kappa shape index (κ2) is 9.52. The van der Waals surface area contributed by atoms with Crippen LogP contribution in [-0.2, 0) is 0 Å². The number of carbonyl (C=O) groups excluding carboxylic acids is 2. The van der Waals surface area contributed by atoms with Gasteiger partial charge in [0.2, 0.25) is 0 Å². The molecule has 2 atom stereocenters. The van der Waals surface area contributed by atoms with Crippen molar-refractivity contribution in [1.82, 2.24) is 0 Å². The van der Waals surface area contributed by atoms with E-state index in [2.05, 4.69) is 0 Å². The largest absolute Gasteiger partial charge is 0.293 e. The van der Waals surface area contributed by atoms with Gasteiger partial charge >= 0.3 is 0 Å². The summed E-state index contributed by atoms with van der Waals surface area (Å²) in [5.41, 5.74) is 3.49. The van der Waals surface area contributed by atoms with Crippen LogP contribution in [0.5, 0.6) is 0 Å². The van der Waals surface area contributed by atoms with Crippen molar-refractivity contribution in [3.05, 3.63) is 143 Å². The zero-order chi connectivity index (χ0) is 22.5. The van der Waals surface area contributed by atoms with Crippen LogP contribution in [0.25, 0.3) is 0 Å². The fourth-order valence-electron chi connectivity index (χ4n) is 4.00. The molecule has 0 radical (unpaired) electrons. The van der Waals surface area contributed by atoms with Gasteiger partial charge in [-0.15, -0.1) is 0 Å². The molecule has 2 unspecified atom stereocenters. The number of rotatable bonds is 7. The zero-order valence-electron chi connectivity index (χ0n) is 17.7. The average molecular weight is 422 g/mol. The summed E-state index contributed by atoms with van der Waals surface area (Å²) in [6.45, 7) is 1.97. The van der Waals surface area contributed by atoms with E-state index in [-0.39, 0.29) is 11.6 Å². The molecule has 0 bridgehead atoms. The molecule has 4 aromatic rings. The number of benzene rings is 4.